The number of nitrogens with two attached hydrogens (primary N) is 1. The normalized spacial score (nSPS) is 11.2. The minimum absolute atomic E-state index is 0.0411. The Morgan fingerprint density at radius 3 is 2.43 bits per heavy atom. The highest BCUT2D eigenvalue weighted by Crippen LogP contribution is 2.33. The Labute approximate surface area is 136 Å². The first-order valence-electron chi connectivity index (χ1n) is 5.75. The van der Waals surface area contributed by atoms with Crippen LogP contribution in [0.1, 0.15) is 0 Å². The molecule has 3 N–H and O–H groups in total. The molecule has 0 spiro atoms. The van der Waals surface area contributed by atoms with Crippen molar-refractivity contribution in [3.8, 4) is 5.75 Å². The van der Waals surface area contributed by atoms with Crippen LogP contribution in [0.3, 0.4) is 0 Å². The molecule has 0 saturated carbocycles. The highest BCUT2D eigenvalue weighted by atomic mass is 79.9. The quantitative estimate of drug-likeness (QED) is 0.782. The molecule has 0 aliphatic rings. The summed E-state index contributed by atoms with van der Waals surface area (Å²) in [5, 5.41) is 0.517. The average Bonchev–Trinajstić information content (AvgIpc) is 2.43. The Bertz CT molecular complexity index is 764. The van der Waals surface area contributed by atoms with Crippen LogP contribution < -0.4 is 15.2 Å². The fraction of sp³-hybridized carbons (Fsp3) is 0.0769. The van der Waals surface area contributed by atoms with E-state index in [1.54, 1.807) is 24.3 Å². The van der Waals surface area contributed by atoms with Crippen molar-refractivity contribution in [3.63, 3.8) is 0 Å². The van der Waals surface area contributed by atoms with Gasteiger partial charge in [-0.2, -0.15) is 0 Å². The lowest BCUT2D eigenvalue weighted by molar-refractivity contribution is 0.402. The predicted molar refractivity (Wildman–Crippen MR) is 87.4 cm³/mol. The van der Waals surface area contributed by atoms with Gasteiger partial charge in [0.1, 0.15) is 10.6 Å². The number of ether oxygens (including phenoxy) is 1. The minimum Gasteiger partial charge on any atom is -0.495 e. The molecule has 8 heteroatoms. The number of hydrogen-bond acceptors (Lipinski definition) is 4. The lowest BCUT2D eigenvalue weighted by Crippen LogP contribution is -2.14. The SMILES string of the molecule is COc1cc(Br)c(N)cc1S(=O)(=O)Nc1ccc(Cl)cc1. The first-order valence-corrected chi connectivity index (χ1v) is 8.40. The molecule has 112 valence electrons. The van der Waals surface area contributed by atoms with E-state index in [4.69, 9.17) is 22.1 Å². The second kappa shape index (κ2) is 6.13. The van der Waals surface area contributed by atoms with E-state index in [-0.39, 0.29) is 10.6 Å². The molecule has 0 aliphatic heterocycles. The molecular formula is C13H12BrClN2O3S. The van der Waals surface area contributed by atoms with Gasteiger partial charge in [-0.15, -0.1) is 0 Å². The Hall–Kier alpha value is -1.44. The predicted octanol–water partition coefficient (Wildman–Crippen LogP) is 3.49. The van der Waals surface area contributed by atoms with Crippen LogP contribution in [0, 0.1) is 0 Å². The highest BCUT2D eigenvalue weighted by Gasteiger charge is 2.21. The molecule has 5 nitrogen and oxygen atoms in total. The molecule has 0 atom stereocenters. The van der Waals surface area contributed by atoms with Crippen LogP contribution in [0.5, 0.6) is 5.75 Å². The van der Waals surface area contributed by atoms with Gasteiger partial charge in [0.05, 0.1) is 7.11 Å². The summed E-state index contributed by atoms with van der Waals surface area (Å²) in [6.07, 6.45) is 0. The number of methoxy groups -OCH3 is 1. The van der Waals surface area contributed by atoms with Crippen LogP contribution in [-0.4, -0.2) is 15.5 Å². The molecular weight excluding hydrogens is 380 g/mol. The number of sulfonamides is 1. The molecule has 2 aromatic rings. The van der Waals surface area contributed by atoms with E-state index in [1.807, 2.05) is 0 Å². The topological polar surface area (TPSA) is 81.4 Å². The summed E-state index contributed by atoms with van der Waals surface area (Å²) >= 11 is 8.99. The zero-order chi connectivity index (χ0) is 15.6. The van der Waals surface area contributed by atoms with E-state index in [1.165, 1.54) is 19.2 Å². The maximum Gasteiger partial charge on any atom is 0.265 e. The van der Waals surface area contributed by atoms with Gasteiger partial charge in [0.15, 0.2) is 0 Å². The van der Waals surface area contributed by atoms with Crippen molar-refractivity contribution in [3.05, 3.63) is 45.9 Å². The van der Waals surface area contributed by atoms with Crippen LogP contribution in [0.25, 0.3) is 0 Å². The maximum absolute atomic E-state index is 12.4. The lowest BCUT2D eigenvalue weighted by Gasteiger charge is -2.13. The Kier molecular flexibility index (Phi) is 4.65. The van der Waals surface area contributed by atoms with E-state index in [2.05, 4.69) is 20.7 Å². The largest absolute Gasteiger partial charge is 0.495 e. The van der Waals surface area contributed by atoms with Gasteiger partial charge in [0.25, 0.3) is 10.0 Å². The number of anilines is 2. The summed E-state index contributed by atoms with van der Waals surface area (Å²) < 4.78 is 33.0. The zero-order valence-corrected chi connectivity index (χ0v) is 14.1. The van der Waals surface area contributed by atoms with Gasteiger partial charge in [-0.3, -0.25) is 4.72 Å². The second-order valence-corrected chi connectivity index (χ2v) is 7.08. The molecule has 0 heterocycles. The Morgan fingerprint density at radius 1 is 1.24 bits per heavy atom. The molecule has 0 bridgehead atoms. The van der Waals surface area contributed by atoms with E-state index in [0.29, 0.717) is 20.9 Å². The first kappa shape index (κ1) is 15.9. The van der Waals surface area contributed by atoms with Crippen molar-refractivity contribution >= 4 is 48.9 Å². The van der Waals surface area contributed by atoms with E-state index in [0.717, 1.165) is 0 Å². The van der Waals surface area contributed by atoms with E-state index in [9.17, 15) is 8.42 Å². The smallest absolute Gasteiger partial charge is 0.265 e. The van der Waals surface area contributed by atoms with Crippen molar-refractivity contribution in [2.24, 2.45) is 0 Å². The average molecular weight is 392 g/mol. The summed E-state index contributed by atoms with van der Waals surface area (Å²) in [6.45, 7) is 0. The van der Waals surface area contributed by atoms with E-state index >= 15 is 0 Å². The highest BCUT2D eigenvalue weighted by molar-refractivity contribution is 9.10. The van der Waals surface area contributed by atoms with Crippen LogP contribution >= 0.6 is 27.5 Å². The molecule has 0 aromatic heterocycles. The molecule has 0 fully saturated rings. The monoisotopic (exact) mass is 390 g/mol. The van der Waals surface area contributed by atoms with Gasteiger partial charge >= 0.3 is 0 Å². The van der Waals surface area contributed by atoms with Crippen molar-refractivity contribution in [1.82, 2.24) is 0 Å². The third-order valence-corrected chi connectivity index (χ3v) is 5.01. The van der Waals surface area contributed by atoms with E-state index < -0.39 is 10.0 Å². The van der Waals surface area contributed by atoms with Gasteiger partial charge in [0, 0.05) is 20.9 Å². The van der Waals surface area contributed by atoms with Crippen molar-refractivity contribution < 1.29 is 13.2 Å². The number of nitrogens with one attached hydrogen (secondary N) is 1. The molecule has 0 aliphatic carbocycles. The fourth-order valence-electron chi connectivity index (χ4n) is 1.65. The van der Waals surface area contributed by atoms with Gasteiger partial charge < -0.3 is 10.5 Å². The number of benzene rings is 2. The first-order chi connectivity index (χ1) is 9.83. The number of hydrogen-bond donors (Lipinski definition) is 2. The molecule has 2 rings (SSSR count). The molecule has 2 aromatic carbocycles. The van der Waals surface area contributed by atoms with Crippen molar-refractivity contribution in [2.45, 2.75) is 4.90 Å². The van der Waals surface area contributed by atoms with Gasteiger partial charge in [0.2, 0.25) is 0 Å². The van der Waals surface area contributed by atoms with Crippen LogP contribution in [0.2, 0.25) is 5.02 Å². The molecule has 0 amide bonds. The second-order valence-electron chi connectivity index (χ2n) is 4.14. The Balaban J connectivity index is 2.44. The summed E-state index contributed by atoms with van der Waals surface area (Å²) in [5.74, 6) is 0.192. The lowest BCUT2D eigenvalue weighted by atomic mass is 10.3. The van der Waals surface area contributed by atoms with Gasteiger partial charge in [-0.1, -0.05) is 11.6 Å². The maximum atomic E-state index is 12.4. The number of nitrogen functional groups attached to an aromatic ring is 1. The van der Waals surface area contributed by atoms with Gasteiger partial charge in [-0.05, 0) is 52.3 Å². The molecule has 21 heavy (non-hydrogen) atoms. The fourth-order valence-corrected chi connectivity index (χ4v) is 3.34. The standard InChI is InChI=1S/C13H12BrClN2O3S/c1-20-12-6-10(14)11(16)7-13(12)21(18,19)17-9-4-2-8(15)3-5-9/h2-7,17H,16H2,1H3. The summed E-state index contributed by atoms with van der Waals surface area (Å²) in [5.41, 5.74) is 6.43. The number of rotatable bonds is 4. The minimum atomic E-state index is -3.83. The Morgan fingerprint density at radius 2 is 1.86 bits per heavy atom. The van der Waals surface area contributed by atoms with Crippen LogP contribution in [0.4, 0.5) is 11.4 Å². The van der Waals surface area contributed by atoms with Crippen LogP contribution in [-0.2, 0) is 10.0 Å². The molecule has 0 radical (unpaired) electrons. The third kappa shape index (κ3) is 3.61. The molecule has 0 saturated heterocycles. The molecule has 0 unspecified atom stereocenters. The third-order valence-electron chi connectivity index (χ3n) is 2.67. The zero-order valence-electron chi connectivity index (χ0n) is 10.9. The van der Waals surface area contributed by atoms with Crippen molar-refractivity contribution in [2.75, 3.05) is 17.6 Å². The van der Waals surface area contributed by atoms with Gasteiger partial charge in [-0.25, -0.2) is 8.42 Å². The van der Waals surface area contributed by atoms with Crippen LogP contribution in [0.15, 0.2) is 45.8 Å². The summed E-state index contributed by atoms with van der Waals surface area (Å²) in [7, 11) is -2.44. The van der Waals surface area contributed by atoms with Crippen molar-refractivity contribution in [1.29, 1.82) is 0 Å². The number of halogens is 2. The summed E-state index contributed by atoms with van der Waals surface area (Å²) in [6, 6.07) is 9.15. The summed E-state index contributed by atoms with van der Waals surface area (Å²) in [4.78, 5) is -0.0411.